The Hall–Kier alpha value is -0.680. The van der Waals surface area contributed by atoms with Crippen LogP contribution in [0.2, 0.25) is 5.02 Å². The van der Waals surface area contributed by atoms with Crippen LogP contribution in [-0.2, 0) is 0 Å². The maximum Gasteiger partial charge on any atom is 0.132 e. The third-order valence-corrected chi connectivity index (χ3v) is 2.81. The first kappa shape index (κ1) is 10.8. The van der Waals surface area contributed by atoms with Gasteiger partial charge in [-0.1, -0.05) is 23.7 Å². The van der Waals surface area contributed by atoms with Gasteiger partial charge in [-0.05, 0) is 40.8 Å². The summed E-state index contributed by atoms with van der Waals surface area (Å²) in [6, 6.07) is 8.21. The number of hydrogen-bond donors (Lipinski definition) is 0. The summed E-state index contributed by atoms with van der Waals surface area (Å²) in [4.78, 5) is 4.13. The summed E-state index contributed by atoms with van der Waals surface area (Å²) in [6.07, 6.45) is 1.66. The van der Waals surface area contributed by atoms with Gasteiger partial charge in [-0.3, -0.25) is 4.98 Å². The first-order valence-corrected chi connectivity index (χ1v) is 5.70. The first-order valence-electron chi connectivity index (χ1n) is 4.24. The second kappa shape index (κ2) is 4.45. The van der Waals surface area contributed by atoms with Crippen molar-refractivity contribution in [1.29, 1.82) is 0 Å². The van der Waals surface area contributed by atoms with Gasteiger partial charge < -0.3 is 0 Å². The number of hydrogen-bond acceptors (Lipinski definition) is 1. The smallest absolute Gasteiger partial charge is 0.132 e. The van der Waals surface area contributed by atoms with E-state index in [4.69, 9.17) is 11.6 Å². The van der Waals surface area contributed by atoms with Crippen LogP contribution in [0.1, 0.15) is 0 Å². The Morgan fingerprint density at radius 2 is 2.00 bits per heavy atom. The fraction of sp³-hybridized carbons (Fsp3) is 0. The molecule has 0 radical (unpaired) electrons. The Bertz CT molecular complexity index is 502. The van der Waals surface area contributed by atoms with E-state index in [-0.39, 0.29) is 5.82 Å². The van der Waals surface area contributed by atoms with Gasteiger partial charge >= 0.3 is 0 Å². The number of nitrogens with zero attached hydrogens (tertiary/aromatic N) is 1. The summed E-state index contributed by atoms with van der Waals surface area (Å²) in [5.74, 6) is -0.312. The Labute approximate surface area is 105 Å². The topological polar surface area (TPSA) is 12.9 Å². The quantitative estimate of drug-likeness (QED) is 0.715. The highest BCUT2D eigenvalue weighted by Gasteiger charge is 2.09. The molecule has 0 atom stereocenters. The van der Waals surface area contributed by atoms with Crippen LogP contribution in [-0.4, -0.2) is 4.98 Å². The average molecular weight is 334 g/mol. The van der Waals surface area contributed by atoms with Crippen molar-refractivity contribution in [3.8, 4) is 11.3 Å². The zero-order valence-electron chi connectivity index (χ0n) is 7.55. The summed E-state index contributed by atoms with van der Waals surface area (Å²) in [5, 5.41) is 0.465. The Morgan fingerprint density at radius 3 is 2.67 bits per heavy atom. The molecule has 4 heteroatoms. The van der Waals surface area contributed by atoms with Gasteiger partial charge in [0.05, 0.1) is 10.7 Å². The van der Waals surface area contributed by atoms with Gasteiger partial charge in [0.2, 0.25) is 0 Å². The van der Waals surface area contributed by atoms with E-state index in [1.54, 1.807) is 30.5 Å². The van der Waals surface area contributed by atoms with Gasteiger partial charge in [-0.15, -0.1) is 0 Å². The van der Waals surface area contributed by atoms with Crippen LogP contribution in [0.4, 0.5) is 4.39 Å². The third-order valence-electron chi connectivity index (χ3n) is 1.94. The van der Waals surface area contributed by atoms with Crippen LogP contribution in [0.3, 0.4) is 0 Å². The summed E-state index contributed by atoms with van der Waals surface area (Å²) >= 11 is 8.11. The lowest BCUT2D eigenvalue weighted by Crippen LogP contribution is -1.89. The van der Waals surface area contributed by atoms with Crippen LogP contribution in [0.5, 0.6) is 0 Å². The molecule has 0 N–H and O–H groups in total. The highest BCUT2D eigenvalue weighted by atomic mass is 127. The normalized spacial score (nSPS) is 10.3. The molecule has 0 bridgehead atoms. The van der Waals surface area contributed by atoms with E-state index in [0.29, 0.717) is 16.3 Å². The summed E-state index contributed by atoms with van der Waals surface area (Å²) < 4.78 is 14.4. The lowest BCUT2D eigenvalue weighted by molar-refractivity contribution is 0.630. The predicted molar refractivity (Wildman–Crippen MR) is 67.4 cm³/mol. The van der Waals surface area contributed by atoms with Crippen molar-refractivity contribution < 1.29 is 4.39 Å². The van der Waals surface area contributed by atoms with Crippen LogP contribution in [0.15, 0.2) is 36.5 Å². The molecular weight excluding hydrogens is 327 g/mol. The van der Waals surface area contributed by atoms with Gasteiger partial charge in [0.15, 0.2) is 0 Å². The fourth-order valence-electron chi connectivity index (χ4n) is 1.27. The van der Waals surface area contributed by atoms with Gasteiger partial charge in [0.25, 0.3) is 0 Å². The van der Waals surface area contributed by atoms with Crippen molar-refractivity contribution in [3.05, 3.63) is 50.9 Å². The van der Waals surface area contributed by atoms with E-state index in [2.05, 4.69) is 27.6 Å². The van der Waals surface area contributed by atoms with E-state index in [1.165, 1.54) is 6.07 Å². The molecule has 0 aliphatic carbocycles. The fourth-order valence-corrected chi connectivity index (χ4v) is 2.17. The number of pyridine rings is 1. The molecule has 1 heterocycles. The predicted octanol–water partition coefficient (Wildman–Crippen LogP) is 4.15. The van der Waals surface area contributed by atoms with Crippen LogP contribution >= 0.6 is 34.2 Å². The molecule has 2 rings (SSSR count). The van der Waals surface area contributed by atoms with E-state index in [1.807, 2.05) is 0 Å². The van der Waals surface area contributed by atoms with Gasteiger partial charge in [0, 0.05) is 15.3 Å². The summed E-state index contributed by atoms with van der Waals surface area (Å²) in [7, 11) is 0. The van der Waals surface area contributed by atoms with E-state index in [0.717, 1.165) is 3.57 Å². The van der Waals surface area contributed by atoms with Gasteiger partial charge in [-0.25, -0.2) is 4.39 Å². The Kier molecular flexibility index (Phi) is 3.21. The van der Waals surface area contributed by atoms with Crippen molar-refractivity contribution in [1.82, 2.24) is 4.98 Å². The molecule has 1 nitrogen and oxygen atoms in total. The molecule has 0 aliphatic heterocycles. The Balaban J connectivity index is 2.60. The summed E-state index contributed by atoms with van der Waals surface area (Å²) in [6.45, 7) is 0. The van der Waals surface area contributed by atoms with E-state index < -0.39 is 0 Å². The van der Waals surface area contributed by atoms with Crippen molar-refractivity contribution in [2.24, 2.45) is 0 Å². The number of benzene rings is 1. The lowest BCUT2D eigenvalue weighted by atomic mass is 10.1. The molecule has 2 aromatic rings. The standard InChI is InChI=1S/C11H6ClFIN/c12-9-5-7(14)6-15-11(9)8-3-1-2-4-10(8)13/h1-6H. The lowest BCUT2D eigenvalue weighted by Gasteiger charge is -2.04. The minimum Gasteiger partial charge on any atom is -0.253 e. The second-order valence-electron chi connectivity index (χ2n) is 2.96. The molecule has 0 spiro atoms. The third kappa shape index (κ3) is 2.29. The van der Waals surface area contributed by atoms with Crippen molar-refractivity contribution in [2.45, 2.75) is 0 Å². The highest BCUT2D eigenvalue weighted by Crippen LogP contribution is 2.28. The van der Waals surface area contributed by atoms with Crippen molar-refractivity contribution in [3.63, 3.8) is 0 Å². The molecule has 0 unspecified atom stereocenters. The number of aromatic nitrogens is 1. The number of rotatable bonds is 1. The molecule has 1 aromatic heterocycles. The minimum atomic E-state index is -0.312. The molecule has 0 saturated carbocycles. The van der Waals surface area contributed by atoms with E-state index >= 15 is 0 Å². The average Bonchev–Trinajstić information content (AvgIpc) is 2.20. The van der Waals surface area contributed by atoms with Crippen molar-refractivity contribution in [2.75, 3.05) is 0 Å². The molecule has 0 amide bonds. The molecule has 0 saturated heterocycles. The highest BCUT2D eigenvalue weighted by molar-refractivity contribution is 14.1. The Morgan fingerprint density at radius 1 is 1.27 bits per heavy atom. The monoisotopic (exact) mass is 333 g/mol. The first-order chi connectivity index (χ1) is 7.18. The van der Waals surface area contributed by atoms with Gasteiger partial charge in [-0.2, -0.15) is 0 Å². The molecule has 15 heavy (non-hydrogen) atoms. The van der Waals surface area contributed by atoms with Crippen LogP contribution < -0.4 is 0 Å². The molecule has 76 valence electrons. The SMILES string of the molecule is Fc1ccccc1-c1ncc(I)cc1Cl. The van der Waals surface area contributed by atoms with Crippen molar-refractivity contribution >= 4 is 34.2 Å². The van der Waals surface area contributed by atoms with Gasteiger partial charge in [0.1, 0.15) is 5.82 Å². The van der Waals surface area contributed by atoms with Crippen LogP contribution in [0, 0.1) is 9.39 Å². The second-order valence-corrected chi connectivity index (χ2v) is 4.62. The molecule has 1 aromatic carbocycles. The largest absolute Gasteiger partial charge is 0.253 e. The molecule has 0 fully saturated rings. The van der Waals surface area contributed by atoms with Crippen LogP contribution in [0.25, 0.3) is 11.3 Å². The zero-order chi connectivity index (χ0) is 10.8. The summed E-state index contributed by atoms with van der Waals surface area (Å²) in [5.41, 5.74) is 0.911. The molecular formula is C11H6ClFIN. The zero-order valence-corrected chi connectivity index (χ0v) is 10.5. The number of halogens is 3. The van der Waals surface area contributed by atoms with E-state index in [9.17, 15) is 4.39 Å². The maximum atomic E-state index is 13.5. The molecule has 0 aliphatic rings. The maximum absolute atomic E-state index is 13.5. The minimum absolute atomic E-state index is 0.312.